The van der Waals surface area contributed by atoms with E-state index in [1.807, 2.05) is 0 Å². The summed E-state index contributed by atoms with van der Waals surface area (Å²) in [5.74, 6) is -0.0867. The summed E-state index contributed by atoms with van der Waals surface area (Å²) in [7, 11) is -3.93. The molecule has 1 aromatic heterocycles. The van der Waals surface area contributed by atoms with E-state index in [2.05, 4.69) is 20.2 Å². The van der Waals surface area contributed by atoms with Gasteiger partial charge in [0.15, 0.2) is 0 Å². The van der Waals surface area contributed by atoms with Crippen LogP contribution in [-0.2, 0) is 14.8 Å². The number of aromatic nitrogens is 2. The average molecular weight is 370 g/mol. The van der Waals surface area contributed by atoms with Crippen molar-refractivity contribution in [2.75, 3.05) is 16.6 Å². The van der Waals surface area contributed by atoms with Gasteiger partial charge in [-0.15, -0.1) is 10.2 Å². The summed E-state index contributed by atoms with van der Waals surface area (Å²) in [6.45, 7) is 5.66. The Hall–Kier alpha value is -2.20. The maximum Gasteiger partial charge on any atom is 0.291 e. The fourth-order valence-electron chi connectivity index (χ4n) is 1.64. The van der Waals surface area contributed by atoms with Crippen molar-refractivity contribution in [2.24, 2.45) is 5.92 Å². The molecule has 24 heavy (non-hydrogen) atoms. The Morgan fingerprint density at radius 1 is 1.29 bits per heavy atom. The first-order chi connectivity index (χ1) is 11.3. The van der Waals surface area contributed by atoms with E-state index in [0.717, 1.165) is 11.3 Å². The molecule has 2 rings (SSSR count). The van der Waals surface area contributed by atoms with E-state index in [1.165, 1.54) is 0 Å². The molecule has 0 atom stereocenters. The van der Waals surface area contributed by atoms with Gasteiger partial charge < -0.3 is 10.1 Å². The summed E-state index contributed by atoms with van der Waals surface area (Å²) in [5.41, 5.74) is 0.308. The standard InChI is InChI=1S/C14H18N4O4S2/c1-4-22-11-8-6-5-7-10(11)18-24(20,21)14-17-16-13(23-14)15-12(19)9(2)3/h5-9,18H,4H2,1-3H3,(H,15,16,19). The molecule has 2 N–H and O–H groups in total. The Morgan fingerprint density at radius 3 is 2.67 bits per heavy atom. The number of nitrogens with zero attached hydrogens (tertiary/aromatic N) is 2. The fourth-order valence-corrected chi connectivity index (χ4v) is 3.61. The molecule has 0 aliphatic heterocycles. The van der Waals surface area contributed by atoms with Crippen LogP contribution in [0.15, 0.2) is 28.6 Å². The molecule has 0 unspecified atom stereocenters. The van der Waals surface area contributed by atoms with Crippen LogP contribution in [0.3, 0.4) is 0 Å². The van der Waals surface area contributed by atoms with Gasteiger partial charge in [0.25, 0.3) is 14.4 Å². The van der Waals surface area contributed by atoms with Crippen LogP contribution in [0.4, 0.5) is 10.8 Å². The molecule has 10 heteroatoms. The third kappa shape index (κ3) is 4.42. The molecule has 1 heterocycles. The zero-order valence-corrected chi connectivity index (χ0v) is 15.1. The van der Waals surface area contributed by atoms with Crippen molar-refractivity contribution < 1.29 is 17.9 Å². The lowest BCUT2D eigenvalue weighted by atomic mass is 10.2. The third-order valence-electron chi connectivity index (χ3n) is 2.82. The van der Waals surface area contributed by atoms with E-state index < -0.39 is 10.0 Å². The molecule has 0 fully saturated rings. The van der Waals surface area contributed by atoms with Gasteiger partial charge in [-0.2, -0.15) is 8.42 Å². The summed E-state index contributed by atoms with van der Waals surface area (Å²) in [4.78, 5) is 11.6. The average Bonchev–Trinajstić information content (AvgIpc) is 2.98. The van der Waals surface area contributed by atoms with Crippen LogP contribution in [0, 0.1) is 5.92 Å². The Labute approximate surface area is 144 Å². The van der Waals surface area contributed by atoms with Crippen LogP contribution < -0.4 is 14.8 Å². The first-order valence-corrected chi connectivity index (χ1v) is 9.52. The SMILES string of the molecule is CCOc1ccccc1NS(=O)(=O)c1nnc(NC(=O)C(C)C)s1. The number of benzene rings is 1. The maximum atomic E-state index is 12.4. The Kier molecular flexibility index (Phi) is 5.73. The van der Waals surface area contributed by atoms with Gasteiger partial charge in [0.05, 0.1) is 12.3 Å². The molecular formula is C14H18N4O4S2. The highest BCUT2D eigenvalue weighted by molar-refractivity contribution is 7.94. The number of rotatable bonds is 7. The van der Waals surface area contributed by atoms with E-state index in [1.54, 1.807) is 45.0 Å². The number of carbonyl (C=O) groups is 1. The van der Waals surface area contributed by atoms with Crippen LogP contribution in [0.2, 0.25) is 0 Å². The highest BCUT2D eigenvalue weighted by Crippen LogP contribution is 2.28. The number of hydrogen-bond donors (Lipinski definition) is 2. The van der Waals surface area contributed by atoms with Gasteiger partial charge in [0.1, 0.15) is 5.75 Å². The van der Waals surface area contributed by atoms with Gasteiger partial charge in [0.2, 0.25) is 11.0 Å². The fraction of sp³-hybridized carbons (Fsp3) is 0.357. The zero-order valence-electron chi connectivity index (χ0n) is 13.4. The summed E-state index contributed by atoms with van der Waals surface area (Å²) in [6, 6.07) is 6.68. The number of amides is 1. The smallest absolute Gasteiger partial charge is 0.291 e. The molecule has 0 saturated heterocycles. The summed E-state index contributed by atoms with van der Waals surface area (Å²) < 4.78 is 32.4. The number of hydrogen-bond acceptors (Lipinski definition) is 7. The van der Waals surface area contributed by atoms with Crippen molar-refractivity contribution >= 4 is 38.1 Å². The first kappa shape index (κ1) is 18.1. The minimum atomic E-state index is -3.93. The quantitative estimate of drug-likeness (QED) is 0.724. The lowest BCUT2D eigenvalue weighted by Crippen LogP contribution is -2.17. The van der Waals surface area contributed by atoms with Gasteiger partial charge in [-0.3, -0.25) is 9.52 Å². The molecule has 0 saturated carbocycles. The monoisotopic (exact) mass is 370 g/mol. The van der Waals surface area contributed by atoms with E-state index >= 15 is 0 Å². The number of carbonyl (C=O) groups excluding carboxylic acids is 1. The van der Waals surface area contributed by atoms with E-state index in [0.29, 0.717) is 18.0 Å². The highest BCUT2D eigenvalue weighted by atomic mass is 32.2. The van der Waals surface area contributed by atoms with E-state index in [4.69, 9.17) is 4.74 Å². The molecular weight excluding hydrogens is 352 g/mol. The predicted octanol–water partition coefficient (Wildman–Crippen LogP) is 2.33. The van der Waals surface area contributed by atoms with Gasteiger partial charge in [0, 0.05) is 5.92 Å². The topological polar surface area (TPSA) is 110 Å². The minimum Gasteiger partial charge on any atom is -0.492 e. The van der Waals surface area contributed by atoms with Crippen LogP contribution in [0.1, 0.15) is 20.8 Å². The maximum absolute atomic E-state index is 12.4. The molecule has 1 aromatic carbocycles. The second kappa shape index (κ2) is 7.58. The van der Waals surface area contributed by atoms with E-state index in [-0.39, 0.29) is 21.3 Å². The normalized spacial score (nSPS) is 11.3. The predicted molar refractivity (Wildman–Crippen MR) is 91.8 cm³/mol. The van der Waals surface area contributed by atoms with Crippen molar-refractivity contribution in [3.63, 3.8) is 0 Å². The largest absolute Gasteiger partial charge is 0.492 e. The Bertz CT molecular complexity index is 818. The third-order valence-corrected chi connectivity index (χ3v) is 5.39. The number of para-hydroxylation sites is 2. The van der Waals surface area contributed by atoms with Crippen LogP contribution in [0.5, 0.6) is 5.75 Å². The summed E-state index contributed by atoms with van der Waals surface area (Å²) in [6.07, 6.45) is 0. The van der Waals surface area contributed by atoms with Crippen LogP contribution >= 0.6 is 11.3 Å². The van der Waals surface area contributed by atoms with Crippen molar-refractivity contribution in [3.8, 4) is 5.75 Å². The van der Waals surface area contributed by atoms with Gasteiger partial charge in [-0.05, 0) is 19.1 Å². The van der Waals surface area contributed by atoms with Crippen molar-refractivity contribution in [2.45, 2.75) is 25.1 Å². The van der Waals surface area contributed by atoms with Gasteiger partial charge in [-0.1, -0.05) is 37.3 Å². The Morgan fingerprint density at radius 2 is 2.00 bits per heavy atom. The molecule has 130 valence electrons. The number of ether oxygens (including phenoxy) is 1. The molecule has 0 radical (unpaired) electrons. The molecule has 2 aromatic rings. The van der Waals surface area contributed by atoms with Gasteiger partial charge >= 0.3 is 0 Å². The van der Waals surface area contributed by atoms with Crippen molar-refractivity contribution in [3.05, 3.63) is 24.3 Å². The summed E-state index contributed by atoms with van der Waals surface area (Å²) >= 11 is 0.779. The number of nitrogens with one attached hydrogen (secondary N) is 2. The molecule has 0 aliphatic carbocycles. The summed E-state index contributed by atoms with van der Waals surface area (Å²) in [5, 5.41) is 9.98. The van der Waals surface area contributed by atoms with Gasteiger partial charge in [-0.25, -0.2) is 0 Å². The second-order valence-corrected chi connectivity index (χ2v) is 7.89. The van der Waals surface area contributed by atoms with E-state index in [9.17, 15) is 13.2 Å². The number of sulfonamides is 1. The number of anilines is 2. The molecule has 0 spiro atoms. The lowest BCUT2D eigenvalue weighted by Gasteiger charge is -2.10. The molecule has 1 amide bonds. The molecule has 0 bridgehead atoms. The lowest BCUT2D eigenvalue weighted by molar-refractivity contribution is -0.118. The zero-order chi connectivity index (χ0) is 17.7. The minimum absolute atomic E-state index is 0.132. The van der Waals surface area contributed by atoms with Crippen LogP contribution in [0.25, 0.3) is 0 Å². The van der Waals surface area contributed by atoms with Crippen LogP contribution in [-0.4, -0.2) is 31.1 Å². The van der Waals surface area contributed by atoms with Crippen molar-refractivity contribution in [1.82, 2.24) is 10.2 Å². The highest BCUT2D eigenvalue weighted by Gasteiger charge is 2.22. The Balaban J connectivity index is 2.20. The molecule has 8 nitrogen and oxygen atoms in total. The van der Waals surface area contributed by atoms with Crippen molar-refractivity contribution in [1.29, 1.82) is 0 Å². The second-order valence-electron chi connectivity index (χ2n) is 5.05. The molecule has 0 aliphatic rings. The first-order valence-electron chi connectivity index (χ1n) is 7.22.